The topological polar surface area (TPSA) is 45.8 Å². The molecule has 2 aromatic rings. The molecule has 0 aliphatic carbocycles. The molecule has 19 heavy (non-hydrogen) atoms. The first kappa shape index (κ1) is 12.8. The number of hydrogen-bond donors (Lipinski definition) is 0. The number of pyridine rings is 1. The number of nitrogens with zero attached hydrogens (tertiary/aromatic N) is 2. The van der Waals surface area contributed by atoms with E-state index in [0.29, 0.717) is 0 Å². The Morgan fingerprint density at radius 2 is 1.84 bits per heavy atom. The van der Waals surface area contributed by atoms with E-state index < -0.39 is 0 Å². The molecular weight excluding hydrogens is 236 g/mol. The van der Waals surface area contributed by atoms with Crippen LogP contribution in [-0.4, -0.2) is 4.57 Å². The minimum absolute atomic E-state index is 0.0841. The Kier molecular flexibility index (Phi) is 3.94. The standard InChI is InChI=1S/C16H14N2O/c1-13-2-4-14(5-3-13)6-7-15-8-10-18(11-9-17)16(19)12-15/h2-8,10,12H,11H2,1H3/b7-6+. The molecule has 0 aliphatic heterocycles. The maximum atomic E-state index is 11.7. The zero-order chi connectivity index (χ0) is 13.7. The first-order valence-electron chi connectivity index (χ1n) is 6.01. The first-order chi connectivity index (χ1) is 9.19. The molecule has 0 bridgehead atoms. The van der Waals surface area contributed by atoms with Crippen molar-refractivity contribution in [3.63, 3.8) is 0 Å². The number of nitriles is 1. The van der Waals surface area contributed by atoms with Crippen molar-refractivity contribution < 1.29 is 0 Å². The number of aryl methyl sites for hydroxylation is 1. The zero-order valence-electron chi connectivity index (χ0n) is 10.7. The van der Waals surface area contributed by atoms with Crippen molar-refractivity contribution >= 4 is 12.2 Å². The number of aromatic nitrogens is 1. The molecule has 0 saturated heterocycles. The second kappa shape index (κ2) is 5.83. The molecule has 0 N–H and O–H groups in total. The molecule has 0 amide bonds. The Morgan fingerprint density at radius 1 is 1.16 bits per heavy atom. The van der Waals surface area contributed by atoms with Crippen LogP contribution in [-0.2, 0) is 6.54 Å². The van der Waals surface area contributed by atoms with E-state index in [0.717, 1.165) is 11.1 Å². The summed E-state index contributed by atoms with van der Waals surface area (Å²) in [6.45, 7) is 2.13. The van der Waals surface area contributed by atoms with Crippen LogP contribution in [0.3, 0.4) is 0 Å². The minimum atomic E-state index is -0.160. The maximum absolute atomic E-state index is 11.7. The van der Waals surface area contributed by atoms with Gasteiger partial charge >= 0.3 is 0 Å². The SMILES string of the molecule is Cc1ccc(/C=C/c2ccn(CC#N)c(=O)c2)cc1. The van der Waals surface area contributed by atoms with Crippen LogP contribution < -0.4 is 5.56 Å². The van der Waals surface area contributed by atoms with Gasteiger partial charge in [0, 0.05) is 12.3 Å². The van der Waals surface area contributed by atoms with E-state index >= 15 is 0 Å². The number of benzene rings is 1. The number of rotatable bonds is 3. The molecule has 0 spiro atoms. The van der Waals surface area contributed by atoms with Crippen LogP contribution in [0.4, 0.5) is 0 Å². The average molecular weight is 250 g/mol. The van der Waals surface area contributed by atoms with Crippen molar-refractivity contribution in [1.29, 1.82) is 5.26 Å². The van der Waals surface area contributed by atoms with Crippen molar-refractivity contribution in [2.75, 3.05) is 0 Å². The molecule has 2 rings (SSSR count). The second-order valence-corrected chi connectivity index (χ2v) is 4.33. The Labute approximate surface area is 112 Å². The smallest absolute Gasteiger partial charge is 0.252 e. The highest BCUT2D eigenvalue weighted by atomic mass is 16.1. The maximum Gasteiger partial charge on any atom is 0.252 e. The molecule has 0 fully saturated rings. The molecule has 3 nitrogen and oxygen atoms in total. The van der Waals surface area contributed by atoms with Crippen molar-refractivity contribution in [3.05, 3.63) is 69.6 Å². The summed E-state index contributed by atoms with van der Waals surface area (Å²) in [5.74, 6) is 0. The summed E-state index contributed by atoms with van der Waals surface area (Å²) in [5.41, 5.74) is 2.98. The summed E-state index contributed by atoms with van der Waals surface area (Å²) in [6, 6.07) is 13.5. The van der Waals surface area contributed by atoms with E-state index in [1.807, 2.05) is 55.5 Å². The fraction of sp³-hybridized carbons (Fsp3) is 0.125. The molecule has 1 aromatic carbocycles. The van der Waals surface area contributed by atoms with Crippen molar-refractivity contribution in [2.24, 2.45) is 0 Å². The Bertz CT molecular complexity index is 688. The van der Waals surface area contributed by atoms with E-state index in [2.05, 4.69) is 0 Å². The van der Waals surface area contributed by atoms with E-state index in [1.165, 1.54) is 16.2 Å². The predicted molar refractivity (Wildman–Crippen MR) is 76.4 cm³/mol. The number of hydrogen-bond acceptors (Lipinski definition) is 2. The van der Waals surface area contributed by atoms with E-state index in [9.17, 15) is 4.79 Å². The lowest BCUT2D eigenvalue weighted by Gasteiger charge is -2.00. The van der Waals surface area contributed by atoms with Gasteiger partial charge < -0.3 is 4.57 Å². The average Bonchev–Trinajstić information content (AvgIpc) is 2.41. The monoisotopic (exact) mass is 250 g/mol. The van der Waals surface area contributed by atoms with E-state index in [4.69, 9.17) is 5.26 Å². The quantitative estimate of drug-likeness (QED) is 0.840. The van der Waals surface area contributed by atoms with Crippen LogP contribution in [0.15, 0.2) is 47.4 Å². The highest BCUT2D eigenvalue weighted by molar-refractivity contribution is 5.69. The highest BCUT2D eigenvalue weighted by Gasteiger charge is 1.95. The van der Waals surface area contributed by atoms with Gasteiger partial charge in [-0.2, -0.15) is 5.26 Å². The van der Waals surface area contributed by atoms with Crippen molar-refractivity contribution in [3.8, 4) is 6.07 Å². The molecule has 94 valence electrons. The lowest BCUT2D eigenvalue weighted by molar-refractivity contribution is 0.787. The first-order valence-corrected chi connectivity index (χ1v) is 6.01. The van der Waals surface area contributed by atoms with E-state index in [1.54, 1.807) is 6.20 Å². The van der Waals surface area contributed by atoms with Gasteiger partial charge in [0.05, 0.1) is 6.07 Å². The van der Waals surface area contributed by atoms with Crippen molar-refractivity contribution in [1.82, 2.24) is 4.57 Å². The van der Waals surface area contributed by atoms with Gasteiger partial charge in [0.25, 0.3) is 5.56 Å². The largest absolute Gasteiger partial charge is 0.302 e. The summed E-state index contributed by atoms with van der Waals surface area (Å²) in [6.07, 6.45) is 5.49. The van der Waals surface area contributed by atoms with Crippen LogP contribution >= 0.6 is 0 Å². The lowest BCUT2D eigenvalue weighted by atomic mass is 10.1. The molecule has 3 heteroatoms. The third kappa shape index (κ3) is 3.43. The van der Waals surface area contributed by atoms with Gasteiger partial charge in [0.15, 0.2) is 0 Å². The molecule has 0 saturated carbocycles. The van der Waals surface area contributed by atoms with Crippen LogP contribution in [0.1, 0.15) is 16.7 Å². The molecule has 0 radical (unpaired) electrons. The van der Waals surface area contributed by atoms with Gasteiger partial charge in [0.1, 0.15) is 6.54 Å². The van der Waals surface area contributed by atoms with Crippen molar-refractivity contribution in [2.45, 2.75) is 13.5 Å². The highest BCUT2D eigenvalue weighted by Crippen LogP contribution is 2.08. The minimum Gasteiger partial charge on any atom is -0.302 e. The summed E-state index contributed by atoms with van der Waals surface area (Å²) < 4.78 is 1.38. The zero-order valence-corrected chi connectivity index (χ0v) is 10.7. The second-order valence-electron chi connectivity index (χ2n) is 4.33. The van der Waals surface area contributed by atoms with Gasteiger partial charge in [-0.25, -0.2) is 0 Å². The summed E-state index contributed by atoms with van der Waals surface area (Å²) in [7, 11) is 0. The fourth-order valence-electron chi connectivity index (χ4n) is 1.70. The van der Waals surface area contributed by atoms with Gasteiger partial charge in [-0.05, 0) is 24.1 Å². The van der Waals surface area contributed by atoms with Crippen LogP contribution in [0.2, 0.25) is 0 Å². The fourth-order valence-corrected chi connectivity index (χ4v) is 1.70. The third-order valence-corrected chi connectivity index (χ3v) is 2.81. The summed E-state index contributed by atoms with van der Waals surface area (Å²) in [5, 5.41) is 8.56. The molecule has 1 heterocycles. The molecule has 0 unspecified atom stereocenters. The van der Waals surface area contributed by atoms with Gasteiger partial charge in [-0.15, -0.1) is 0 Å². The van der Waals surface area contributed by atoms with Gasteiger partial charge in [0.2, 0.25) is 0 Å². The third-order valence-electron chi connectivity index (χ3n) is 2.81. The Balaban J connectivity index is 2.20. The molecule has 1 aromatic heterocycles. The molecule has 0 atom stereocenters. The Morgan fingerprint density at radius 3 is 2.47 bits per heavy atom. The van der Waals surface area contributed by atoms with E-state index in [-0.39, 0.29) is 12.1 Å². The van der Waals surface area contributed by atoms with Gasteiger partial charge in [-0.3, -0.25) is 4.79 Å². The summed E-state index contributed by atoms with van der Waals surface area (Å²) >= 11 is 0. The molecule has 0 aliphatic rings. The predicted octanol–water partition coefficient (Wildman–Crippen LogP) is 2.85. The normalized spacial score (nSPS) is 10.5. The lowest BCUT2D eigenvalue weighted by Crippen LogP contribution is -2.17. The Hall–Kier alpha value is -2.60. The van der Waals surface area contributed by atoms with Crippen LogP contribution in [0, 0.1) is 18.3 Å². The van der Waals surface area contributed by atoms with Crippen LogP contribution in [0.25, 0.3) is 12.2 Å². The van der Waals surface area contributed by atoms with Gasteiger partial charge in [-0.1, -0.05) is 42.0 Å². The molecular formula is C16H14N2O. The summed E-state index contributed by atoms with van der Waals surface area (Å²) in [4.78, 5) is 11.7. The van der Waals surface area contributed by atoms with Crippen LogP contribution in [0.5, 0.6) is 0 Å².